The molecule has 0 unspecified atom stereocenters. The van der Waals surface area contributed by atoms with E-state index in [0.29, 0.717) is 17.9 Å². The molecule has 0 bridgehead atoms. The molecule has 1 aliphatic carbocycles. The first kappa shape index (κ1) is 15.5. The van der Waals surface area contributed by atoms with Crippen LogP contribution in [0.2, 0.25) is 0 Å². The lowest BCUT2D eigenvalue weighted by atomic mass is 9.98. The fourth-order valence-electron chi connectivity index (χ4n) is 4.05. The molecule has 3 heterocycles. The molecule has 0 spiro atoms. The molecule has 7 heteroatoms. The zero-order valence-corrected chi connectivity index (χ0v) is 14.7. The van der Waals surface area contributed by atoms with Gasteiger partial charge in [-0.2, -0.15) is 0 Å². The Labute approximate surface area is 145 Å². The number of hydrogen-bond acceptors (Lipinski definition) is 6. The summed E-state index contributed by atoms with van der Waals surface area (Å²) in [7, 11) is 0. The third-order valence-corrected chi connectivity index (χ3v) is 6.20. The molecule has 1 saturated heterocycles. The number of hydrogen-bond donors (Lipinski definition) is 1. The standard InChI is InChI=1S/C17H21N5OS/c1-10-16(24-11(2)20-10)17(23)22-8-12-3-4-14(13(12)9-22)21-15-7-18-5-6-19-15/h5-7,12-14H,3-4,8-9H2,1-2H3,(H,19,21)/t12-,13+,14-/m1/s1. The van der Waals surface area contributed by atoms with Crippen LogP contribution in [-0.4, -0.2) is 44.9 Å². The molecule has 126 valence electrons. The van der Waals surface area contributed by atoms with Crippen LogP contribution in [0.15, 0.2) is 18.6 Å². The fourth-order valence-corrected chi connectivity index (χ4v) is 4.94. The first-order valence-corrected chi connectivity index (χ1v) is 9.19. The predicted octanol–water partition coefficient (Wildman–Crippen LogP) is 2.51. The van der Waals surface area contributed by atoms with E-state index < -0.39 is 0 Å². The lowest BCUT2D eigenvalue weighted by Gasteiger charge is -2.22. The van der Waals surface area contributed by atoms with Crippen molar-refractivity contribution in [1.29, 1.82) is 0 Å². The molecular formula is C17H21N5OS. The largest absolute Gasteiger partial charge is 0.366 e. The Morgan fingerprint density at radius 1 is 1.29 bits per heavy atom. The summed E-state index contributed by atoms with van der Waals surface area (Å²) in [4.78, 5) is 28.5. The average Bonchev–Trinajstić information content (AvgIpc) is 3.23. The number of nitrogens with one attached hydrogen (secondary N) is 1. The highest BCUT2D eigenvalue weighted by Gasteiger charge is 2.44. The summed E-state index contributed by atoms with van der Waals surface area (Å²) >= 11 is 1.50. The maximum absolute atomic E-state index is 12.8. The molecule has 1 amide bonds. The van der Waals surface area contributed by atoms with Crippen molar-refractivity contribution in [3.63, 3.8) is 0 Å². The molecule has 0 aromatic carbocycles. The normalized spacial score (nSPS) is 25.8. The van der Waals surface area contributed by atoms with Gasteiger partial charge in [0.1, 0.15) is 10.7 Å². The SMILES string of the molecule is Cc1nc(C)c(C(=O)N2C[C@H]3CC[C@@H](Nc4cnccn4)[C@H]3C2)s1. The molecule has 6 nitrogen and oxygen atoms in total. The molecule has 1 aliphatic heterocycles. The monoisotopic (exact) mass is 343 g/mol. The van der Waals surface area contributed by atoms with E-state index in [1.165, 1.54) is 11.3 Å². The second-order valence-corrected chi connectivity index (χ2v) is 7.90. The summed E-state index contributed by atoms with van der Waals surface area (Å²) < 4.78 is 0. The Balaban J connectivity index is 1.46. The van der Waals surface area contributed by atoms with E-state index in [1.54, 1.807) is 18.6 Å². The number of amides is 1. The van der Waals surface area contributed by atoms with Crippen LogP contribution in [0.25, 0.3) is 0 Å². The van der Waals surface area contributed by atoms with E-state index in [1.807, 2.05) is 18.7 Å². The van der Waals surface area contributed by atoms with Gasteiger partial charge in [-0.05, 0) is 32.6 Å². The molecule has 2 fully saturated rings. The number of anilines is 1. The van der Waals surface area contributed by atoms with Gasteiger partial charge in [0.25, 0.3) is 5.91 Å². The second kappa shape index (κ2) is 6.12. The smallest absolute Gasteiger partial charge is 0.265 e. The van der Waals surface area contributed by atoms with E-state index in [-0.39, 0.29) is 5.91 Å². The van der Waals surface area contributed by atoms with Crippen molar-refractivity contribution < 1.29 is 4.79 Å². The highest BCUT2D eigenvalue weighted by atomic mass is 32.1. The number of thiazole rings is 1. The van der Waals surface area contributed by atoms with Crippen LogP contribution in [0, 0.1) is 25.7 Å². The zero-order chi connectivity index (χ0) is 16.7. The summed E-state index contributed by atoms with van der Waals surface area (Å²) in [5.74, 6) is 2.04. The van der Waals surface area contributed by atoms with E-state index >= 15 is 0 Å². The molecule has 3 atom stereocenters. The van der Waals surface area contributed by atoms with E-state index in [0.717, 1.165) is 47.3 Å². The highest BCUT2D eigenvalue weighted by molar-refractivity contribution is 7.13. The Bertz CT molecular complexity index is 747. The highest BCUT2D eigenvalue weighted by Crippen LogP contribution is 2.40. The molecule has 1 saturated carbocycles. The molecule has 1 N–H and O–H groups in total. The van der Waals surface area contributed by atoms with Gasteiger partial charge in [0.05, 0.1) is 16.9 Å². The van der Waals surface area contributed by atoms with Gasteiger partial charge >= 0.3 is 0 Å². The number of aromatic nitrogens is 3. The Kier molecular flexibility index (Phi) is 3.96. The van der Waals surface area contributed by atoms with Gasteiger partial charge in [0, 0.05) is 37.4 Å². The molecule has 2 aromatic rings. The Hall–Kier alpha value is -2.02. The van der Waals surface area contributed by atoms with Crippen molar-refractivity contribution >= 4 is 23.1 Å². The minimum absolute atomic E-state index is 0.144. The van der Waals surface area contributed by atoms with Gasteiger partial charge in [0.2, 0.25) is 0 Å². The van der Waals surface area contributed by atoms with Crippen molar-refractivity contribution in [2.75, 3.05) is 18.4 Å². The first-order chi connectivity index (χ1) is 11.6. The lowest BCUT2D eigenvalue weighted by Crippen LogP contribution is -2.33. The Morgan fingerprint density at radius 3 is 2.88 bits per heavy atom. The third-order valence-electron chi connectivity index (χ3n) is 5.14. The predicted molar refractivity (Wildman–Crippen MR) is 93.1 cm³/mol. The summed E-state index contributed by atoms with van der Waals surface area (Å²) in [6, 6.07) is 0.369. The summed E-state index contributed by atoms with van der Waals surface area (Å²) in [6.07, 6.45) is 7.43. The van der Waals surface area contributed by atoms with Crippen LogP contribution in [0.4, 0.5) is 5.82 Å². The number of nitrogens with zero attached hydrogens (tertiary/aromatic N) is 4. The summed E-state index contributed by atoms with van der Waals surface area (Å²) in [6.45, 7) is 5.55. The third kappa shape index (κ3) is 2.77. The van der Waals surface area contributed by atoms with Gasteiger partial charge < -0.3 is 10.2 Å². The van der Waals surface area contributed by atoms with Crippen molar-refractivity contribution in [2.24, 2.45) is 11.8 Å². The minimum atomic E-state index is 0.144. The molecule has 0 radical (unpaired) electrons. The maximum atomic E-state index is 12.8. The lowest BCUT2D eigenvalue weighted by molar-refractivity contribution is 0.0784. The van der Waals surface area contributed by atoms with Crippen LogP contribution in [0.1, 0.15) is 33.2 Å². The van der Waals surface area contributed by atoms with Gasteiger partial charge in [0.15, 0.2) is 0 Å². The Morgan fingerprint density at radius 2 is 2.17 bits per heavy atom. The number of likely N-dealkylation sites (tertiary alicyclic amines) is 1. The van der Waals surface area contributed by atoms with Crippen LogP contribution >= 0.6 is 11.3 Å². The maximum Gasteiger partial charge on any atom is 0.265 e. The molecular weight excluding hydrogens is 322 g/mol. The van der Waals surface area contributed by atoms with Gasteiger partial charge in [-0.25, -0.2) is 9.97 Å². The first-order valence-electron chi connectivity index (χ1n) is 8.37. The van der Waals surface area contributed by atoms with Crippen molar-refractivity contribution in [3.8, 4) is 0 Å². The van der Waals surface area contributed by atoms with E-state index in [2.05, 4.69) is 20.3 Å². The number of fused-ring (bicyclic) bond motifs is 1. The fraction of sp³-hybridized carbons (Fsp3) is 0.529. The average molecular weight is 343 g/mol. The molecule has 4 rings (SSSR count). The number of carbonyl (C=O) groups excluding carboxylic acids is 1. The molecule has 24 heavy (non-hydrogen) atoms. The van der Waals surface area contributed by atoms with Gasteiger partial charge in [-0.1, -0.05) is 0 Å². The van der Waals surface area contributed by atoms with Crippen molar-refractivity contribution in [2.45, 2.75) is 32.7 Å². The van der Waals surface area contributed by atoms with Crippen molar-refractivity contribution in [3.05, 3.63) is 34.2 Å². The number of carbonyl (C=O) groups is 1. The molecule has 2 aliphatic rings. The summed E-state index contributed by atoms with van der Waals surface area (Å²) in [5.41, 5.74) is 0.855. The van der Waals surface area contributed by atoms with E-state index in [4.69, 9.17) is 0 Å². The topological polar surface area (TPSA) is 71.0 Å². The number of rotatable bonds is 3. The summed E-state index contributed by atoms with van der Waals surface area (Å²) in [5, 5.41) is 4.46. The van der Waals surface area contributed by atoms with E-state index in [9.17, 15) is 4.79 Å². The van der Waals surface area contributed by atoms with Crippen LogP contribution in [0.5, 0.6) is 0 Å². The van der Waals surface area contributed by atoms with Gasteiger partial charge in [-0.15, -0.1) is 11.3 Å². The zero-order valence-electron chi connectivity index (χ0n) is 13.9. The van der Waals surface area contributed by atoms with Crippen molar-refractivity contribution in [1.82, 2.24) is 19.9 Å². The van der Waals surface area contributed by atoms with Crippen LogP contribution in [-0.2, 0) is 0 Å². The van der Waals surface area contributed by atoms with Crippen LogP contribution < -0.4 is 5.32 Å². The quantitative estimate of drug-likeness (QED) is 0.927. The molecule has 2 aromatic heterocycles. The second-order valence-electron chi connectivity index (χ2n) is 6.70. The van der Waals surface area contributed by atoms with Crippen LogP contribution in [0.3, 0.4) is 0 Å². The minimum Gasteiger partial charge on any atom is -0.366 e. The number of aryl methyl sites for hydroxylation is 2. The van der Waals surface area contributed by atoms with Gasteiger partial charge in [-0.3, -0.25) is 9.78 Å².